The van der Waals surface area contributed by atoms with Crippen molar-refractivity contribution in [1.29, 1.82) is 0 Å². The highest BCUT2D eigenvalue weighted by atomic mass is 16.5. The number of pyridine rings is 1. The molecule has 1 aliphatic heterocycles. The molecule has 0 saturated carbocycles. The van der Waals surface area contributed by atoms with Gasteiger partial charge in [0.25, 0.3) is 11.4 Å². The summed E-state index contributed by atoms with van der Waals surface area (Å²) in [5.41, 5.74) is -1.48. The van der Waals surface area contributed by atoms with Crippen molar-refractivity contribution in [3.63, 3.8) is 0 Å². The predicted molar refractivity (Wildman–Crippen MR) is 88.0 cm³/mol. The lowest BCUT2D eigenvalue weighted by Gasteiger charge is -2.32. The Morgan fingerprint density at radius 3 is 2.80 bits per heavy atom. The Morgan fingerprint density at radius 1 is 1.44 bits per heavy atom. The van der Waals surface area contributed by atoms with E-state index in [1.54, 1.807) is 26.3 Å². The van der Waals surface area contributed by atoms with E-state index in [-0.39, 0.29) is 18.0 Å². The van der Waals surface area contributed by atoms with E-state index < -0.39 is 11.2 Å². The number of hydrogen-bond acceptors (Lipinski definition) is 7. The van der Waals surface area contributed by atoms with Gasteiger partial charge in [-0.05, 0) is 25.5 Å². The molecule has 0 spiro atoms. The fraction of sp³-hybridized carbons (Fsp3) is 0.588. The van der Waals surface area contributed by atoms with Crippen molar-refractivity contribution >= 4 is 0 Å². The fourth-order valence-corrected chi connectivity index (χ4v) is 2.98. The van der Waals surface area contributed by atoms with Crippen molar-refractivity contribution in [2.24, 2.45) is 0 Å². The van der Waals surface area contributed by atoms with E-state index in [2.05, 4.69) is 10.1 Å². The number of ether oxygens (including phenoxy) is 2. The fourth-order valence-electron chi connectivity index (χ4n) is 2.98. The average Bonchev–Trinajstić information content (AvgIpc) is 3.10. The molecule has 1 saturated heterocycles. The summed E-state index contributed by atoms with van der Waals surface area (Å²) in [6.45, 7) is 4.49. The molecule has 1 unspecified atom stereocenters. The summed E-state index contributed by atoms with van der Waals surface area (Å²) in [4.78, 5) is 16.4. The van der Waals surface area contributed by atoms with E-state index in [1.165, 1.54) is 10.6 Å². The minimum absolute atomic E-state index is 0.0108. The first-order valence-corrected chi connectivity index (χ1v) is 8.23. The Labute approximate surface area is 145 Å². The molecule has 8 heteroatoms. The largest absolute Gasteiger partial charge is 0.381 e. The second-order valence-electron chi connectivity index (χ2n) is 6.68. The summed E-state index contributed by atoms with van der Waals surface area (Å²) in [5.74, 6) is 0.447. The number of nitrogens with zero attached hydrogens (tertiary/aromatic N) is 3. The number of aryl methyl sites for hydroxylation is 1. The van der Waals surface area contributed by atoms with Gasteiger partial charge in [0, 0.05) is 45.4 Å². The molecule has 136 valence electrons. The van der Waals surface area contributed by atoms with Gasteiger partial charge >= 0.3 is 0 Å². The smallest absolute Gasteiger partial charge is 0.260 e. The summed E-state index contributed by atoms with van der Waals surface area (Å²) >= 11 is 0. The number of methoxy groups -OCH3 is 1. The Bertz CT molecular complexity index is 790. The van der Waals surface area contributed by atoms with E-state index >= 15 is 0 Å². The maximum atomic E-state index is 12.1. The molecule has 25 heavy (non-hydrogen) atoms. The summed E-state index contributed by atoms with van der Waals surface area (Å²) < 4.78 is 17.7. The Morgan fingerprint density at radius 2 is 2.16 bits per heavy atom. The van der Waals surface area contributed by atoms with Gasteiger partial charge in [-0.3, -0.25) is 4.79 Å². The standard InChI is InChI=1S/C17H23N3O5/c1-12-4-7-20(13(21)10-12)11-16(2,22)15-18-14(19-25-15)17(23-3)5-8-24-9-6-17/h4,7,10,22H,5-6,8-9,11H2,1-3H3. The van der Waals surface area contributed by atoms with Gasteiger partial charge < -0.3 is 23.7 Å². The van der Waals surface area contributed by atoms with Crippen LogP contribution in [0.5, 0.6) is 0 Å². The molecular formula is C17H23N3O5. The third kappa shape index (κ3) is 3.51. The van der Waals surface area contributed by atoms with Crippen molar-refractivity contribution in [1.82, 2.24) is 14.7 Å². The molecule has 0 aliphatic carbocycles. The minimum atomic E-state index is -1.48. The van der Waals surface area contributed by atoms with Crippen LogP contribution in [0.25, 0.3) is 0 Å². The van der Waals surface area contributed by atoms with Gasteiger partial charge in [0.2, 0.25) is 5.82 Å². The van der Waals surface area contributed by atoms with Crippen LogP contribution in [0.2, 0.25) is 0 Å². The van der Waals surface area contributed by atoms with Crippen LogP contribution in [0.1, 0.15) is 37.0 Å². The van der Waals surface area contributed by atoms with Gasteiger partial charge in [0.1, 0.15) is 5.60 Å². The molecule has 3 heterocycles. The Kier molecular flexibility index (Phi) is 4.77. The average molecular weight is 349 g/mol. The van der Waals surface area contributed by atoms with E-state index in [0.29, 0.717) is 31.9 Å². The lowest BCUT2D eigenvalue weighted by molar-refractivity contribution is -0.101. The predicted octanol–water partition coefficient (Wildman–Crippen LogP) is 1.10. The summed E-state index contributed by atoms with van der Waals surface area (Å²) in [5, 5.41) is 14.8. The molecular weight excluding hydrogens is 326 g/mol. The first kappa shape index (κ1) is 17.8. The lowest BCUT2D eigenvalue weighted by atomic mass is 9.93. The molecule has 1 aliphatic rings. The lowest BCUT2D eigenvalue weighted by Crippen LogP contribution is -2.37. The second kappa shape index (κ2) is 6.70. The second-order valence-corrected chi connectivity index (χ2v) is 6.68. The molecule has 2 aromatic rings. The van der Waals surface area contributed by atoms with Gasteiger partial charge in [0.05, 0.1) is 6.54 Å². The van der Waals surface area contributed by atoms with Crippen LogP contribution in [0, 0.1) is 6.92 Å². The molecule has 3 rings (SSSR count). The molecule has 1 atom stereocenters. The van der Waals surface area contributed by atoms with Crippen LogP contribution >= 0.6 is 0 Å². The van der Waals surface area contributed by atoms with E-state index in [4.69, 9.17) is 14.0 Å². The first-order chi connectivity index (χ1) is 11.9. The van der Waals surface area contributed by atoms with Crippen molar-refractivity contribution in [2.75, 3.05) is 20.3 Å². The normalized spacial score (nSPS) is 19.5. The quantitative estimate of drug-likeness (QED) is 0.863. The van der Waals surface area contributed by atoms with E-state index in [9.17, 15) is 9.90 Å². The molecule has 1 fully saturated rings. The minimum Gasteiger partial charge on any atom is -0.381 e. The monoisotopic (exact) mass is 349 g/mol. The Hall–Kier alpha value is -2.03. The van der Waals surface area contributed by atoms with Crippen molar-refractivity contribution in [3.8, 4) is 0 Å². The molecule has 8 nitrogen and oxygen atoms in total. The van der Waals surface area contributed by atoms with E-state index in [0.717, 1.165) is 5.56 Å². The molecule has 0 bridgehead atoms. The van der Waals surface area contributed by atoms with Crippen LogP contribution in [-0.2, 0) is 27.2 Å². The van der Waals surface area contributed by atoms with Crippen LogP contribution in [0.3, 0.4) is 0 Å². The molecule has 0 radical (unpaired) electrons. The first-order valence-electron chi connectivity index (χ1n) is 8.23. The zero-order valence-electron chi connectivity index (χ0n) is 14.7. The van der Waals surface area contributed by atoms with Gasteiger partial charge in [-0.2, -0.15) is 4.98 Å². The third-order valence-electron chi connectivity index (χ3n) is 4.62. The van der Waals surface area contributed by atoms with Crippen LogP contribution < -0.4 is 5.56 Å². The SMILES string of the molecule is COC1(c2noc(C(C)(O)Cn3ccc(C)cc3=O)n2)CCOCC1. The maximum Gasteiger partial charge on any atom is 0.260 e. The molecule has 1 N–H and O–H groups in total. The van der Waals surface area contributed by atoms with Crippen molar-refractivity contribution < 1.29 is 19.1 Å². The zero-order valence-corrected chi connectivity index (χ0v) is 14.7. The van der Waals surface area contributed by atoms with Crippen LogP contribution in [-0.4, -0.2) is 40.1 Å². The van der Waals surface area contributed by atoms with Crippen molar-refractivity contribution in [3.05, 3.63) is 46.0 Å². The highest BCUT2D eigenvalue weighted by Gasteiger charge is 2.41. The van der Waals surface area contributed by atoms with Gasteiger partial charge in [0.15, 0.2) is 5.60 Å². The summed E-state index contributed by atoms with van der Waals surface area (Å²) in [7, 11) is 1.60. The van der Waals surface area contributed by atoms with Crippen LogP contribution in [0.15, 0.2) is 27.6 Å². The van der Waals surface area contributed by atoms with Crippen LogP contribution in [0.4, 0.5) is 0 Å². The maximum absolute atomic E-state index is 12.1. The number of rotatable bonds is 5. The van der Waals surface area contributed by atoms with E-state index in [1.807, 2.05) is 6.92 Å². The topological polar surface area (TPSA) is 99.6 Å². The highest BCUT2D eigenvalue weighted by Crippen LogP contribution is 2.34. The molecule has 0 amide bonds. The number of aromatic nitrogens is 3. The summed E-state index contributed by atoms with van der Waals surface area (Å²) in [6, 6.07) is 3.32. The van der Waals surface area contributed by atoms with Gasteiger partial charge in [-0.1, -0.05) is 5.16 Å². The highest BCUT2D eigenvalue weighted by molar-refractivity contribution is 5.10. The Balaban J connectivity index is 1.86. The van der Waals surface area contributed by atoms with Gasteiger partial charge in [-0.15, -0.1) is 0 Å². The number of hydrogen-bond donors (Lipinski definition) is 1. The summed E-state index contributed by atoms with van der Waals surface area (Å²) in [6.07, 6.45) is 2.86. The van der Waals surface area contributed by atoms with Gasteiger partial charge in [-0.25, -0.2) is 0 Å². The molecule has 2 aromatic heterocycles. The zero-order chi connectivity index (χ0) is 18.1. The number of aliphatic hydroxyl groups is 1. The van der Waals surface area contributed by atoms with Crippen molar-refractivity contribution in [2.45, 2.75) is 44.4 Å². The third-order valence-corrected chi connectivity index (χ3v) is 4.62. The molecule has 0 aromatic carbocycles.